The molecule has 1 aliphatic heterocycles. The number of benzene rings is 1. The molecule has 2 rings (SSSR count). The van der Waals surface area contributed by atoms with Gasteiger partial charge < -0.3 is 14.4 Å². The van der Waals surface area contributed by atoms with Crippen LogP contribution in [0.5, 0.6) is 0 Å². The van der Waals surface area contributed by atoms with Gasteiger partial charge in [0.15, 0.2) is 0 Å². The van der Waals surface area contributed by atoms with E-state index in [1.807, 2.05) is 24.3 Å². The molecule has 0 fully saturated rings. The molecule has 1 aliphatic rings. The van der Waals surface area contributed by atoms with Gasteiger partial charge in [0.1, 0.15) is 9.31 Å². The highest BCUT2D eigenvalue weighted by Gasteiger charge is 2.40. The van der Waals surface area contributed by atoms with E-state index in [0.29, 0.717) is 4.32 Å². The number of para-hydroxylation sites is 1. The van der Waals surface area contributed by atoms with Crippen LogP contribution in [0.15, 0.2) is 24.3 Å². The highest BCUT2D eigenvalue weighted by molar-refractivity contribution is 8.26. The van der Waals surface area contributed by atoms with E-state index >= 15 is 0 Å². The first-order valence-corrected chi connectivity index (χ1v) is 7.78. The van der Waals surface area contributed by atoms with Gasteiger partial charge in [0.25, 0.3) is 0 Å². The Kier molecular flexibility index (Phi) is 3.90. The van der Waals surface area contributed by atoms with Crippen molar-refractivity contribution in [3.63, 3.8) is 0 Å². The largest absolute Gasteiger partial charge is 0.347 e. The zero-order valence-corrected chi connectivity index (χ0v) is 11.9. The molecule has 1 heterocycles. The van der Waals surface area contributed by atoms with Crippen LogP contribution in [-0.2, 0) is 13.6 Å². The standard InChI is InChI=1S/C10H12NO3PS2/c1-13-15(12,14-2)9-7-5-3-4-6-8(7)11-10(16)17-9/h3-6,9H,1-2H3,(H,11,16). The minimum atomic E-state index is -3.19. The summed E-state index contributed by atoms with van der Waals surface area (Å²) in [5.74, 6) is 0. The molecule has 0 radical (unpaired) electrons. The maximum atomic E-state index is 12.5. The molecule has 0 aromatic heterocycles. The number of thiocarbonyl (C=S) groups is 1. The first kappa shape index (κ1) is 13.1. The minimum absolute atomic E-state index is 0.414. The van der Waals surface area contributed by atoms with E-state index in [-0.39, 0.29) is 0 Å². The molecule has 0 spiro atoms. The van der Waals surface area contributed by atoms with E-state index in [4.69, 9.17) is 21.3 Å². The Bertz CT molecular complexity index is 486. The van der Waals surface area contributed by atoms with Crippen molar-refractivity contribution in [2.24, 2.45) is 0 Å². The zero-order valence-electron chi connectivity index (χ0n) is 9.38. The van der Waals surface area contributed by atoms with Crippen molar-refractivity contribution in [1.82, 2.24) is 0 Å². The normalized spacial score (nSPS) is 19.6. The average Bonchev–Trinajstić information content (AvgIpc) is 2.36. The molecule has 1 aromatic rings. The van der Waals surface area contributed by atoms with Crippen LogP contribution in [-0.4, -0.2) is 18.5 Å². The summed E-state index contributed by atoms with van der Waals surface area (Å²) in [5, 5.41) is 3.07. The Hall–Kier alpha value is -0.390. The lowest BCUT2D eigenvalue weighted by molar-refractivity contribution is 0.274. The van der Waals surface area contributed by atoms with Gasteiger partial charge >= 0.3 is 7.60 Å². The van der Waals surface area contributed by atoms with Crippen LogP contribution in [0.25, 0.3) is 0 Å². The number of rotatable bonds is 3. The van der Waals surface area contributed by atoms with Gasteiger partial charge in [0, 0.05) is 25.5 Å². The fourth-order valence-electron chi connectivity index (χ4n) is 1.63. The number of nitrogens with one attached hydrogen (secondary N) is 1. The molecule has 1 unspecified atom stereocenters. The lowest BCUT2D eigenvalue weighted by Gasteiger charge is -2.30. The molecule has 0 bridgehead atoms. The quantitative estimate of drug-likeness (QED) is 0.677. The van der Waals surface area contributed by atoms with Crippen molar-refractivity contribution < 1.29 is 13.6 Å². The third-order valence-electron chi connectivity index (χ3n) is 2.48. The van der Waals surface area contributed by atoms with Crippen molar-refractivity contribution >= 4 is 41.6 Å². The maximum Gasteiger partial charge on any atom is 0.347 e. The van der Waals surface area contributed by atoms with Crippen LogP contribution >= 0.6 is 31.6 Å². The predicted molar refractivity (Wildman–Crippen MR) is 74.6 cm³/mol. The highest BCUT2D eigenvalue weighted by Crippen LogP contribution is 2.67. The smallest absolute Gasteiger partial charge is 0.341 e. The number of hydrogen-bond acceptors (Lipinski definition) is 5. The highest BCUT2D eigenvalue weighted by atomic mass is 32.2. The Labute approximate surface area is 110 Å². The topological polar surface area (TPSA) is 47.6 Å². The van der Waals surface area contributed by atoms with E-state index in [1.54, 1.807) is 0 Å². The molecule has 17 heavy (non-hydrogen) atoms. The summed E-state index contributed by atoms with van der Waals surface area (Å²) in [6.07, 6.45) is 0. The van der Waals surface area contributed by atoms with Crippen LogP contribution in [0.4, 0.5) is 5.69 Å². The average molecular weight is 289 g/mol. The van der Waals surface area contributed by atoms with E-state index < -0.39 is 12.6 Å². The van der Waals surface area contributed by atoms with Crippen LogP contribution in [0.3, 0.4) is 0 Å². The lowest BCUT2D eigenvalue weighted by Crippen LogP contribution is -2.17. The van der Waals surface area contributed by atoms with Gasteiger partial charge in [0.2, 0.25) is 0 Å². The first-order valence-electron chi connectivity index (χ1n) is 4.88. The Morgan fingerprint density at radius 2 is 2.00 bits per heavy atom. The summed E-state index contributed by atoms with van der Waals surface area (Å²) in [7, 11) is -0.416. The Morgan fingerprint density at radius 3 is 2.65 bits per heavy atom. The second kappa shape index (κ2) is 5.08. The number of hydrogen-bond donors (Lipinski definition) is 1. The third-order valence-corrected chi connectivity index (χ3v) is 6.62. The van der Waals surface area contributed by atoms with Crippen LogP contribution < -0.4 is 5.32 Å². The maximum absolute atomic E-state index is 12.5. The molecular formula is C10H12NO3PS2. The molecule has 0 aliphatic carbocycles. The molecule has 7 heteroatoms. The molecule has 1 N–H and O–H groups in total. The summed E-state index contributed by atoms with van der Waals surface area (Å²) in [4.78, 5) is -0.414. The molecular weight excluding hydrogens is 277 g/mol. The summed E-state index contributed by atoms with van der Waals surface area (Å²) in [6.45, 7) is 0. The van der Waals surface area contributed by atoms with Crippen LogP contribution in [0, 0.1) is 0 Å². The van der Waals surface area contributed by atoms with Gasteiger partial charge in [-0.15, -0.1) is 0 Å². The van der Waals surface area contributed by atoms with Crippen molar-refractivity contribution in [2.75, 3.05) is 19.5 Å². The molecule has 1 aromatic carbocycles. The first-order chi connectivity index (χ1) is 8.10. The number of fused-ring (bicyclic) bond motifs is 1. The van der Waals surface area contributed by atoms with Crippen molar-refractivity contribution in [2.45, 2.75) is 4.99 Å². The molecule has 0 saturated carbocycles. The Morgan fingerprint density at radius 1 is 1.35 bits per heavy atom. The summed E-state index contributed by atoms with van der Waals surface area (Å²) < 4.78 is 23.1. The van der Waals surface area contributed by atoms with E-state index in [0.717, 1.165) is 11.3 Å². The number of thioether (sulfide) groups is 1. The van der Waals surface area contributed by atoms with Gasteiger partial charge in [-0.05, 0) is 6.07 Å². The van der Waals surface area contributed by atoms with Gasteiger partial charge in [-0.25, -0.2) is 0 Å². The van der Waals surface area contributed by atoms with Crippen LogP contribution in [0.2, 0.25) is 0 Å². The van der Waals surface area contributed by atoms with Gasteiger partial charge in [-0.1, -0.05) is 42.2 Å². The van der Waals surface area contributed by atoms with Crippen molar-refractivity contribution in [3.05, 3.63) is 29.8 Å². The molecule has 0 saturated heterocycles. The zero-order chi connectivity index (χ0) is 12.5. The van der Waals surface area contributed by atoms with Gasteiger partial charge in [0.05, 0.1) is 0 Å². The molecule has 4 nitrogen and oxygen atoms in total. The van der Waals surface area contributed by atoms with E-state index in [2.05, 4.69) is 5.32 Å². The second-order valence-electron chi connectivity index (χ2n) is 3.37. The lowest BCUT2D eigenvalue weighted by atomic mass is 10.2. The van der Waals surface area contributed by atoms with Crippen molar-refractivity contribution in [3.8, 4) is 0 Å². The van der Waals surface area contributed by atoms with E-state index in [9.17, 15) is 4.57 Å². The molecule has 0 amide bonds. The monoisotopic (exact) mass is 289 g/mol. The van der Waals surface area contributed by atoms with Crippen LogP contribution in [0.1, 0.15) is 10.6 Å². The Balaban J connectivity index is 2.49. The van der Waals surface area contributed by atoms with Gasteiger partial charge in [-0.2, -0.15) is 0 Å². The minimum Gasteiger partial charge on any atom is -0.341 e. The van der Waals surface area contributed by atoms with Gasteiger partial charge in [-0.3, -0.25) is 4.57 Å². The van der Waals surface area contributed by atoms with E-state index in [1.165, 1.54) is 26.0 Å². The molecule has 1 atom stereocenters. The fraction of sp³-hybridized carbons (Fsp3) is 0.300. The number of anilines is 1. The summed E-state index contributed by atoms with van der Waals surface area (Å²) >= 11 is 6.44. The predicted octanol–water partition coefficient (Wildman–Crippen LogP) is 3.61. The summed E-state index contributed by atoms with van der Waals surface area (Å²) in [6, 6.07) is 7.57. The van der Waals surface area contributed by atoms with Crippen molar-refractivity contribution in [1.29, 1.82) is 0 Å². The second-order valence-corrected chi connectivity index (χ2v) is 7.83. The SMILES string of the molecule is COP(=O)(OC)C1SC(=S)Nc2ccccc21. The fourth-order valence-corrected chi connectivity index (χ4v) is 5.40. The third kappa shape index (κ3) is 2.41. The molecule has 92 valence electrons. The summed E-state index contributed by atoms with van der Waals surface area (Å²) in [5.41, 5.74) is 1.74.